The average Bonchev–Trinajstić information content (AvgIpc) is 2.78. The van der Waals surface area contributed by atoms with Crippen molar-refractivity contribution in [1.82, 2.24) is 9.80 Å². The van der Waals surface area contributed by atoms with Gasteiger partial charge in [0.1, 0.15) is 6.04 Å². The van der Waals surface area contributed by atoms with Gasteiger partial charge < -0.3 is 4.90 Å². The Morgan fingerprint density at radius 2 is 1.95 bits per heavy atom. The molecule has 6 heteroatoms. The Labute approximate surface area is 123 Å². The maximum absolute atomic E-state index is 12.6. The Balaban J connectivity index is 1.86. The zero-order valence-electron chi connectivity index (χ0n) is 11.8. The normalized spacial score (nSPS) is 23.9. The fraction of sp³-hybridized carbons (Fsp3) is 0.400. The van der Waals surface area contributed by atoms with E-state index in [1.54, 1.807) is 29.2 Å². The van der Waals surface area contributed by atoms with Crippen LogP contribution in [0, 0.1) is 11.3 Å². The molecular formula is C15H16N4O2. The quantitative estimate of drug-likeness (QED) is 0.761. The van der Waals surface area contributed by atoms with Crippen molar-refractivity contribution in [1.29, 1.82) is 5.26 Å². The Morgan fingerprint density at radius 1 is 1.24 bits per heavy atom. The van der Waals surface area contributed by atoms with Crippen molar-refractivity contribution in [3.63, 3.8) is 0 Å². The second-order valence-corrected chi connectivity index (χ2v) is 5.30. The van der Waals surface area contributed by atoms with Crippen LogP contribution in [0.25, 0.3) is 0 Å². The Hall–Kier alpha value is -2.39. The molecule has 2 fully saturated rings. The molecule has 0 radical (unpaired) electrons. The van der Waals surface area contributed by atoms with Gasteiger partial charge >= 0.3 is 6.03 Å². The van der Waals surface area contributed by atoms with Crippen molar-refractivity contribution in [3.05, 3.63) is 30.3 Å². The molecular weight excluding hydrogens is 268 g/mol. The topological polar surface area (TPSA) is 67.7 Å². The molecule has 6 nitrogen and oxygen atoms in total. The molecule has 0 unspecified atom stereocenters. The fourth-order valence-electron chi connectivity index (χ4n) is 2.86. The summed E-state index contributed by atoms with van der Waals surface area (Å²) in [6.07, 6.45) is 0. The van der Waals surface area contributed by atoms with Crippen LogP contribution in [0.15, 0.2) is 30.3 Å². The second-order valence-electron chi connectivity index (χ2n) is 5.30. The number of rotatable bonds is 2. The number of piperazine rings is 1. The minimum Gasteiger partial charge on any atom is -0.309 e. The van der Waals surface area contributed by atoms with Gasteiger partial charge in [0.25, 0.3) is 5.91 Å². The highest BCUT2D eigenvalue weighted by molar-refractivity contribution is 6.21. The number of carbonyl (C=O) groups excluding carboxylic acids is 2. The molecule has 2 aliphatic rings. The third-order valence-corrected chi connectivity index (χ3v) is 4.10. The minimum absolute atomic E-state index is 0.207. The number of imide groups is 1. The maximum atomic E-state index is 12.6. The summed E-state index contributed by atoms with van der Waals surface area (Å²) in [4.78, 5) is 29.8. The standard InChI is InChI=1S/C15H16N4O2/c1-11(9-16)17-7-8-18-13(10-17)14(20)19(15(18)21)12-5-3-2-4-6-12/h2-6,11,13H,7-8,10H2,1H3/t11-,13-/m0/s1. The summed E-state index contributed by atoms with van der Waals surface area (Å²) in [5, 5.41) is 9.01. The summed E-state index contributed by atoms with van der Waals surface area (Å²) < 4.78 is 0. The molecule has 0 saturated carbocycles. The number of carbonyl (C=O) groups is 2. The van der Waals surface area contributed by atoms with E-state index in [0.29, 0.717) is 25.3 Å². The predicted octanol–water partition coefficient (Wildman–Crippen LogP) is 1.05. The van der Waals surface area contributed by atoms with E-state index in [1.165, 1.54) is 4.90 Å². The van der Waals surface area contributed by atoms with Gasteiger partial charge in [0.2, 0.25) is 0 Å². The lowest BCUT2D eigenvalue weighted by Gasteiger charge is -2.36. The zero-order chi connectivity index (χ0) is 15.0. The van der Waals surface area contributed by atoms with E-state index in [1.807, 2.05) is 17.9 Å². The molecule has 0 bridgehead atoms. The van der Waals surface area contributed by atoms with E-state index < -0.39 is 6.04 Å². The van der Waals surface area contributed by atoms with Gasteiger partial charge in [0.15, 0.2) is 0 Å². The van der Waals surface area contributed by atoms with Crippen LogP contribution in [0.5, 0.6) is 0 Å². The molecule has 3 rings (SSSR count). The Morgan fingerprint density at radius 3 is 2.62 bits per heavy atom. The van der Waals surface area contributed by atoms with E-state index in [9.17, 15) is 9.59 Å². The van der Waals surface area contributed by atoms with Crippen molar-refractivity contribution in [2.75, 3.05) is 24.5 Å². The summed E-state index contributed by atoms with van der Waals surface area (Å²) in [6, 6.07) is 10.1. The van der Waals surface area contributed by atoms with E-state index >= 15 is 0 Å². The highest BCUT2D eigenvalue weighted by atomic mass is 16.2. The molecule has 2 heterocycles. The summed E-state index contributed by atoms with van der Waals surface area (Å²) >= 11 is 0. The van der Waals surface area contributed by atoms with Gasteiger partial charge in [-0.25, -0.2) is 9.69 Å². The number of urea groups is 1. The molecule has 2 atom stereocenters. The number of para-hydroxylation sites is 1. The lowest BCUT2D eigenvalue weighted by atomic mass is 10.1. The molecule has 2 aliphatic heterocycles. The van der Waals surface area contributed by atoms with E-state index in [-0.39, 0.29) is 18.0 Å². The highest BCUT2D eigenvalue weighted by Gasteiger charge is 2.48. The molecule has 0 spiro atoms. The SMILES string of the molecule is C[C@@H](C#N)N1CCN2C(=O)N(c3ccccc3)C(=O)[C@@H]2C1. The number of nitriles is 1. The summed E-state index contributed by atoms with van der Waals surface area (Å²) in [5.74, 6) is -0.207. The average molecular weight is 284 g/mol. The first-order valence-corrected chi connectivity index (χ1v) is 6.96. The number of hydrogen-bond donors (Lipinski definition) is 0. The van der Waals surface area contributed by atoms with Gasteiger partial charge in [-0.3, -0.25) is 9.69 Å². The number of hydrogen-bond acceptors (Lipinski definition) is 4. The third kappa shape index (κ3) is 2.16. The minimum atomic E-state index is -0.484. The van der Waals surface area contributed by atoms with Crippen LogP contribution in [0.1, 0.15) is 6.92 Å². The van der Waals surface area contributed by atoms with E-state index in [4.69, 9.17) is 5.26 Å². The number of nitrogens with zero attached hydrogens (tertiary/aromatic N) is 4. The first-order valence-electron chi connectivity index (χ1n) is 6.96. The van der Waals surface area contributed by atoms with E-state index in [2.05, 4.69) is 6.07 Å². The van der Waals surface area contributed by atoms with Crippen molar-refractivity contribution in [3.8, 4) is 6.07 Å². The fourth-order valence-corrected chi connectivity index (χ4v) is 2.86. The molecule has 3 amide bonds. The largest absolute Gasteiger partial charge is 0.332 e. The van der Waals surface area contributed by atoms with E-state index in [0.717, 1.165) is 0 Å². The van der Waals surface area contributed by atoms with Crippen LogP contribution in [0.2, 0.25) is 0 Å². The van der Waals surface area contributed by atoms with Crippen molar-refractivity contribution in [2.45, 2.75) is 19.0 Å². The van der Waals surface area contributed by atoms with Crippen LogP contribution >= 0.6 is 0 Å². The molecule has 2 saturated heterocycles. The predicted molar refractivity (Wildman–Crippen MR) is 76.5 cm³/mol. The lowest BCUT2D eigenvalue weighted by molar-refractivity contribution is -0.121. The number of benzene rings is 1. The molecule has 1 aromatic carbocycles. The zero-order valence-corrected chi connectivity index (χ0v) is 11.8. The molecule has 21 heavy (non-hydrogen) atoms. The first-order chi connectivity index (χ1) is 10.1. The summed E-state index contributed by atoms with van der Waals surface area (Å²) in [7, 11) is 0. The van der Waals surface area contributed by atoms with Crippen molar-refractivity contribution >= 4 is 17.6 Å². The van der Waals surface area contributed by atoms with Gasteiger partial charge in [-0.05, 0) is 19.1 Å². The second kappa shape index (κ2) is 5.19. The number of anilines is 1. The van der Waals surface area contributed by atoms with Gasteiger partial charge in [-0.2, -0.15) is 5.26 Å². The van der Waals surface area contributed by atoms with Crippen LogP contribution in [0.3, 0.4) is 0 Å². The van der Waals surface area contributed by atoms with Gasteiger partial charge in [-0.15, -0.1) is 0 Å². The molecule has 1 aromatic rings. The molecule has 0 aromatic heterocycles. The van der Waals surface area contributed by atoms with Crippen LogP contribution in [-0.4, -0.2) is 53.5 Å². The molecule has 0 N–H and O–H groups in total. The molecule has 0 aliphatic carbocycles. The lowest BCUT2D eigenvalue weighted by Crippen LogP contribution is -2.55. The number of amides is 3. The third-order valence-electron chi connectivity index (χ3n) is 4.10. The van der Waals surface area contributed by atoms with Gasteiger partial charge in [0, 0.05) is 19.6 Å². The summed E-state index contributed by atoms with van der Waals surface area (Å²) in [5.41, 5.74) is 0.599. The monoisotopic (exact) mass is 284 g/mol. The first kappa shape index (κ1) is 13.6. The van der Waals surface area contributed by atoms with Crippen LogP contribution in [0.4, 0.5) is 10.5 Å². The number of fused-ring (bicyclic) bond motifs is 1. The van der Waals surface area contributed by atoms with Crippen molar-refractivity contribution in [2.24, 2.45) is 0 Å². The smallest absolute Gasteiger partial charge is 0.309 e. The van der Waals surface area contributed by atoms with Crippen LogP contribution in [-0.2, 0) is 4.79 Å². The van der Waals surface area contributed by atoms with Gasteiger partial charge in [-0.1, -0.05) is 18.2 Å². The Bertz CT molecular complexity index is 610. The molecule has 108 valence electrons. The summed E-state index contributed by atoms with van der Waals surface area (Å²) in [6.45, 7) is 3.33. The Kier molecular flexibility index (Phi) is 3.35. The van der Waals surface area contributed by atoms with Crippen LogP contribution < -0.4 is 4.90 Å². The highest BCUT2D eigenvalue weighted by Crippen LogP contribution is 2.27. The maximum Gasteiger partial charge on any atom is 0.332 e. The van der Waals surface area contributed by atoms with Gasteiger partial charge in [0.05, 0.1) is 17.8 Å². The van der Waals surface area contributed by atoms with Crippen molar-refractivity contribution < 1.29 is 9.59 Å².